The van der Waals surface area contributed by atoms with E-state index in [1.807, 2.05) is 17.9 Å². The number of pyridine rings is 1. The summed E-state index contributed by atoms with van der Waals surface area (Å²) in [6.45, 7) is 4.78. The summed E-state index contributed by atoms with van der Waals surface area (Å²) in [6.07, 6.45) is 3.21. The minimum atomic E-state index is -0.794. The second-order valence-electron chi connectivity index (χ2n) is 6.46. The van der Waals surface area contributed by atoms with Crippen molar-refractivity contribution in [2.45, 2.75) is 25.0 Å². The molecule has 2 saturated heterocycles. The zero-order valence-corrected chi connectivity index (χ0v) is 14.7. The van der Waals surface area contributed by atoms with E-state index in [0.717, 1.165) is 31.7 Å². The predicted octanol–water partition coefficient (Wildman–Crippen LogP) is 1.15. The van der Waals surface area contributed by atoms with Crippen molar-refractivity contribution in [3.05, 3.63) is 23.9 Å². The normalized spacial score (nSPS) is 25.3. The summed E-state index contributed by atoms with van der Waals surface area (Å²) in [5, 5.41) is 8.90. The van der Waals surface area contributed by atoms with Crippen LogP contribution in [0.4, 0.5) is 5.82 Å². The van der Waals surface area contributed by atoms with Gasteiger partial charge in [0.1, 0.15) is 11.9 Å². The highest BCUT2D eigenvalue weighted by Gasteiger charge is 2.32. The molecule has 2 atom stereocenters. The van der Waals surface area contributed by atoms with E-state index in [-0.39, 0.29) is 17.1 Å². The summed E-state index contributed by atoms with van der Waals surface area (Å²) < 4.78 is 11.7. The van der Waals surface area contributed by atoms with Crippen LogP contribution in [0.5, 0.6) is 0 Å². The summed E-state index contributed by atoms with van der Waals surface area (Å²) in [5.41, 5.74) is 0.556. The van der Waals surface area contributed by atoms with Gasteiger partial charge in [0.15, 0.2) is 0 Å². The summed E-state index contributed by atoms with van der Waals surface area (Å²) in [6, 6.07) is 5.71. The Kier molecular flexibility index (Phi) is 5.14. The molecule has 1 amide bonds. The van der Waals surface area contributed by atoms with Gasteiger partial charge in [-0.15, -0.1) is 0 Å². The first-order valence-electron chi connectivity index (χ1n) is 8.35. The first-order valence-corrected chi connectivity index (χ1v) is 9.73. The third kappa shape index (κ3) is 3.59. The maximum absolute atomic E-state index is 12.7. The highest BCUT2D eigenvalue weighted by atomic mass is 32.2. The molecule has 7 heteroatoms. The van der Waals surface area contributed by atoms with Gasteiger partial charge in [0.25, 0.3) is 0 Å². The molecule has 0 spiro atoms. The van der Waals surface area contributed by atoms with Crippen molar-refractivity contribution in [3.63, 3.8) is 0 Å². The molecule has 2 aliphatic heterocycles. The van der Waals surface area contributed by atoms with Gasteiger partial charge in [0, 0.05) is 60.1 Å². The number of nitrogens with zero attached hydrogens (tertiary/aromatic N) is 4. The molecule has 2 fully saturated rings. The number of hydrogen-bond acceptors (Lipinski definition) is 5. The van der Waals surface area contributed by atoms with E-state index in [1.165, 1.54) is 0 Å². The number of hydrogen-bond donors (Lipinski definition) is 0. The Balaban J connectivity index is 1.55. The monoisotopic (exact) mass is 346 g/mol. The molecule has 1 aromatic heterocycles. The van der Waals surface area contributed by atoms with Gasteiger partial charge in [0.05, 0.1) is 5.56 Å². The van der Waals surface area contributed by atoms with Crippen LogP contribution in [0.25, 0.3) is 0 Å². The Hall–Kier alpha value is -1.94. The van der Waals surface area contributed by atoms with Crippen molar-refractivity contribution in [3.8, 4) is 6.07 Å². The number of nitriles is 1. The fourth-order valence-corrected chi connectivity index (χ4v) is 4.49. The van der Waals surface area contributed by atoms with Crippen molar-refractivity contribution in [1.29, 1.82) is 5.26 Å². The zero-order chi connectivity index (χ0) is 17.1. The molecule has 0 radical (unpaired) electrons. The van der Waals surface area contributed by atoms with Gasteiger partial charge in [0.2, 0.25) is 5.91 Å². The first-order chi connectivity index (χ1) is 11.6. The van der Waals surface area contributed by atoms with Crippen LogP contribution in [0.15, 0.2) is 18.3 Å². The summed E-state index contributed by atoms with van der Waals surface area (Å²) in [7, 11) is -0.794. The number of anilines is 1. The smallest absolute Gasteiger partial charge is 0.225 e. The van der Waals surface area contributed by atoms with Crippen LogP contribution in [-0.2, 0) is 15.6 Å². The zero-order valence-electron chi connectivity index (χ0n) is 13.9. The molecule has 0 aromatic carbocycles. The molecule has 2 aliphatic rings. The summed E-state index contributed by atoms with van der Waals surface area (Å²) in [4.78, 5) is 21.1. The van der Waals surface area contributed by atoms with Gasteiger partial charge in [-0.3, -0.25) is 9.00 Å². The second kappa shape index (κ2) is 7.31. The lowest BCUT2D eigenvalue weighted by Gasteiger charge is -2.37. The van der Waals surface area contributed by atoms with Crippen LogP contribution in [0.2, 0.25) is 0 Å². The lowest BCUT2D eigenvalue weighted by Crippen LogP contribution is -2.49. The van der Waals surface area contributed by atoms with Gasteiger partial charge in [-0.05, 0) is 31.9 Å². The molecule has 0 bridgehead atoms. The molecule has 6 nitrogen and oxygen atoms in total. The molecular weight excluding hydrogens is 324 g/mol. The van der Waals surface area contributed by atoms with E-state index in [4.69, 9.17) is 5.26 Å². The molecule has 0 saturated carbocycles. The largest absolute Gasteiger partial charge is 0.357 e. The van der Waals surface area contributed by atoms with E-state index in [0.29, 0.717) is 24.4 Å². The number of carbonyl (C=O) groups excluding carboxylic acids is 1. The minimum absolute atomic E-state index is 0.0540. The number of amides is 1. The first kappa shape index (κ1) is 16.9. The average molecular weight is 346 g/mol. The summed E-state index contributed by atoms with van der Waals surface area (Å²) >= 11 is 0. The maximum atomic E-state index is 12.7. The third-order valence-corrected chi connectivity index (χ3v) is 6.48. The van der Waals surface area contributed by atoms with Crippen LogP contribution in [0.3, 0.4) is 0 Å². The van der Waals surface area contributed by atoms with Crippen LogP contribution < -0.4 is 4.90 Å². The van der Waals surface area contributed by atoms with Crippen LogP contribution >= 0.6 is 0 Å². The van der Waals surface area contributed by atoms with Crippen molar-refractivity contribution < 1.29 is 9.00 Å². The lowest BCUT2D eigenvalue weighted by molar-refractivity contribution is -0.136. The average Bonchev–Trinajstić information content (AvgIpc) is 2.63. The highest BCUT2D eigenvalue weighted by Crippen LogP contribution is 2.24. The van der Waals surface area contributed by atoms with E-state index < -0.39 is 10.8 Å². The second-order valence-corrected chi connectivity index (χ2v) is 8.43. The molecule has 24 heavy (non-hydrogen) atoms. The molecule has 128 valence electrons. The fourth-order valence-electron chi connectivity index (χ4n) is 3.34. The topological polar surface area (TPSA) is 77.3 Å². The predicted molar refractivity (Wildman–Crippen MR) is 92.9 cm³/mol. The molecule has 3 heterocycles. The SMILES string of the molecule is CC1CN(C(=O)C2CCN(c3ccc(C#N)cn3)CC2)CCS1=O. The standard InChI is InChI=1S/C17H22N4O2S/c1-13-12-21(8-9-24(13)23)17(22)15-4-6-20(7-5-15)16-3-2-14(10-18)11-19-16/h2-3,11,13,15H,4-9,12H2,1H3. The van der Waals surface area contributed by atoms with Crippen LogP contribution in [0, 0.1) is 17.2 Å². The van der Waals surface area contributed by atoms with E-state index in [9.17, 15) is 9.00 Å². The Morgan fingerprint density at radius 3 is 2.67 bits per heavy atom. The number of piperidine rings is 1. The van der Waals surface area contributed by atoms with Crippen molar-refractivity contribution >= 4 is 22.5 Å². The Labute approximate surface area is 144 Å². The van der Waals surface area contributed by atoms with Crippen molar-refractivity contribution in [2.24, 2.45) is 5.92 Å². The Morgan fingerprint density at radius 1 is 1.33 bits per heavy atom. The number of carbonyl (C=O) groups is 1. The maximum Gasteiger partial charge on any atom is 0.225 e. The van der Waals surface area contributed by atoms with Crippen molar-refractivity contribution in [1.82, 2.24) is 9.88 Å². The third-order valence-electron chi connectivity index (χ3n) is 4.85. The Bertz CT molecular complexity index is 662. The van der Waals surface area contributed by atoms with E-state index >= 15 is 0 Å². The van der Waals surface area contributed by atoms with Crippen LogP contribution in [-0.4, -0.2) is 57.2 Å². The molecule has 2 unspecified atom stereocenters. The highest BCUT2D eigenvalue weighted by molar-refractivity contribution is 7.85. The molecular formula is C17H22N4O2S. The van der Waals surface area contributed by atoms with Gasteiger partial charge in [-0.2, -0.15) is 5.26 Å². The quantitative estimate of drug-likeness (QED) is 0.803. The van der Waals surface area contributed by atoms with Crippen LogP contribution in [0.1, 0.15) is 25.3 Å². The van der Waals surface area contributed by atoms with Crippen molar-refractivity contribution in [2.75, 3.05) is 36.8 Å². The minimum Gasteiger partial charge on any atom is -0.357 e. The molecule has 0 N–H and O–H groups in total. The van der Waals surface area contributed by atoms with E-state index in [1.54, 1.807) is 12.3 Å². The number of rotatable bonds is 2. The summed E-state index contributed by atoms with van der Waals surface area (Å²) in [5.74, 6) is 1.73. The van der Waals surface area contributed by atoms with Gasteiger partial charge < -0.3 is 9.80 Å². The van der Waals surface area contributed by atoms with Gasteiger partial charge in [-0.25, -0.2) is 4.98 Å². The molecule has 1 aromatic rings. The Morgan fingerprint density at radius 2 is 2.08 bits per heavy atom. The van der Waals surface area contributed by atoms with E-state index in [2.05, 4.69) is 16.0 Å². The molecule has 3 rings (SSSR count). The van der Waals surface area contributed by atoms with Gasteiger partial charge in [-0.1, -0.05) is 0 Å². The fraction of sp³-hybridized carbons (Fsp3) is 0.588. The number of aromatic nitrogens is 1. The molecule has 0 aliphatic carbocycles. The van der Waals surface area contributed by atoms with Gasteiger partial charge >= 0.3 is 0 Å². The lowest BCUT2D eigenvalue weighted by atomic mass is 9.95.